The Bertz CT molecular complexity index is 369. The molecule has 0 saturated carbocycles. The van der Waals surface area contributed by atoms with Crippen molar-refractivity contribution in [3.8, 4) is 0 Å². The van der Waals surface area contributed by atoms with E-state index in [1.165, 1.54) is 43.5 Å². The van der Waals surface area contributed by atoms with Gasteiger partial charge in [-0.1, -0.05) is 24.3 Å². The first kappa shape index (κ1) is 10.3. The Balaban J connectivity index is 1.83. The summed E-state index contributed by atoms with van der Waals surface area (Å²) in [6, 6.07) is 9.62. The summed E-state index contributed by atoms with van der Waals surface area (Å²) in [6.45, 7) is 2.55. The second kappa shape index (κ2) is 4.19. The van der Waals surface area contributed by atoms with Crippen LogP contribution in [0, 0.1) is 0 Å². The predicted molar refractivity (Wildman–Crippen MR) is 66.3 cm³/mol. The molecule has 2 unspecified atom stereocenters. The lowest BCUT2D eigenvalue weighted by atomic mass is 9.84. The number of hydrogen-bond donors (Lipinski definition) is 1. The van der Waals surface area contributed by atoms with E-state index in [1.54, 1.807) is 0 Å². The monoisotopic (exact) mass is 216 g/mol. The van der Waals surface area contributed by atoms with Crippen LogP contribution in [-0.2, 0) is 6.42 Å². The molecule has 2 N–H and O–H groups in total. The van der Waals surface area contributed by atoms with Gasteiger partial charge in [0.15, 0.2) is 0 Å². The summed E-state index contributed by atoms with van der Waals surface area (Å²) >= 11 is 0. The molecule has 1 fully saturated rings. The minimum absolute atomic E-state index is 0.246. The van der Waals surface area contributed by atoms with Gasteiger partial charge in [-0.3, -0.25) is 4.90 Å². The smallest absolute Gasteiger partial charge is 0.0312 e. The maximum Gasteiger partial charge on any atom is 0.0312 e. The van der Waals surface area contributed by atoms with Gasteiger partial charge in [0.25, 0.3) is 0 Å². The Kier molecular flexibility index (Phi) is 2.70. The highest BCUT2D eigenvalue weighted by Gasteiger charge is 2.29. The Labute approximate surface area is 97.4 Å². The zero-order valence-electron chi connectivity index (χ0n) is 9.73. The number of fused-ring (bicyclic) bond motifs is 1. The molecule has 86 valence electrons. The minimum atomic E-state index is 0.246. The lowest BCUT2D eigenvalue weighted by Crippen LogP contribution is -2.40. The molecule has 1 aliphatic heterocycles. The summed E-state index contributed by atoms with van der Waals surface area (Å²) in [5, 5.41) is 0. The standard InChI is InChI=1S/C14H20N2/c15-14-10-12(16-7-3-4-8-16)9-11-5-1-2-6-13(11)14/h1-2,5-6,12,14H,3-4,7-10,15H2. The van der Waals surface area contributed by atoms with E-state index in [9.17, 15) is 0 Å². The van der Waals surface area contributed by atoms with Crippen molar-refractivity contribution in [2.24, 2.45) is 5.73 Å². The summed E-state index contributed by atoms with van der Waals surface area (Å²) < 4.78 is 0. The average molecular weight is 216 g/mol. The van der Waals surface area contributed by atoms with Crippen LogP contribution in [-0.4, -0.2) is 24.0 Å². The molecule has 2 heteroatoms. The van der Waals surface area contributed by atoms with Gasteiger partial charge in [0.1, 0.15) is 0 Å². The van der Waals surface area contributed by atoms with Gasteiger partial charge >= 0.3 is 0 Å². The first-order chi connectivity index (χ1) is 7.84. The summed E-state index contributed by atoms with van der Waals surface area (Å²) in [4.78, 5) is 2.63. The first-order valence-corrected chi connectivity index (χ1v) is 6.42. The normalized spacial score (nSPS) is 30.3. The molecule has 1 aromatic carbocycles. The number of likely N-dealkylation sites (tertiary alicyclic amines) is 1. The van der Waals surface area contributed by atoms with Crippen molar-refractivity contribution in [2.75, 3.05) is 13.1 Å². The Morgan fingerprint density at radius 1 is 1.12 bits per heavy atom. The fraction of sp³-hybridized carbons (Fsp3) is 0.571. The largest absolute Gasteiger partial charge is 0.324 e. The van der Waals surface area contributed by atoms with E-state index < -0.39 is 0 Å². The van der Waals surface area contributed by atoms with Crippen molar-refractivity contribution in [3.05, 3.63) is 35.4 Å². The highest BCUT2D eigenvalue weighted by Crippen LogP contribution is 2.31. The molecule has 16 heavy (non-hydrogen) atoms. The SMILES string of the molecule is NC1CC(N2CCCC2)Cc2ccccc21. The van der Waals surface area contributed by atoms with Gasteiger partial charge in [0, 0.05) is 12.1 Å². The number of hydrogen-bond acceptors (Lipinski definition) is 2. The highest BCUT2D eigenvalue weighted by atomic mass is 15.2. The van der Waals surface area contributed by atoms with E-state index in [4.69, 9.17) is 5.73 Å². The van der Waals surface area contributed by atoms with Gasteiger partial charge in [-0.15, -0.1) is 0 Å². The van der Waals surface area contributed by atoms with E-state index in [0.29, 0.717) is 6.04 Å². The topological polar surface area (TPSA) is 29.3 Å². The van der Waals surface area contributed by atoms with Crippen molar-refractivity contribution in [3.63, 3.8) is 0 Å². The molecule has 1 heterocycles. The van der Waals surface area contributed by atoms with Crippen LogP contribution in [0.5, 0.6) is 0 Å². The van der Waals surface area contributed by atoms with E-state index in [0.717, 1.165) is 6.42 Å². The molecule has 2 atom stereocenters. The fourth-order valence-corrected chi connectivity index (χ4v) is 3.22. The van der Waals surface area contributed by atoms with Gasteiger partial charge in [-0.05, 0) is 49.9 Å². The second-order valence-corrected chi connectivity index (χ2v) is 5.14. The molecular weight excluding hydrogens is 196 g/mol. The van der Waals surface area contributed by atoms with Crippen molar-refractivity contribution in [2.45, 2.75) is 37.8 Å². The third-order valence-corrected chi connectivity index (χ3v) is 4.09. The molecule has 0 aromatic heterocycles. The van der Waals surface area contributed by atoms with E-state index in [2.05, 4.69) is 29.2 Å². The van der Waals surface area contributed by atoms with Gasteiger partial charge in [-0.25, -0.2) is 0 Å². The van der Waals surface area contributed by atoms with Crippen LogP contribution in [0.1, 0.15) is 36.4 Å². The molecule has 2 aliphatic rings. The summed E-state index contributed by atoms with van der Waals surface area (Å²) in [6.07, 6.45) is 5.07. The van der Waals surface area contributed by atoms with Crippen LogP contribution >= 0.6 is 0 Å². The fourth-order valence-electron chi connectivity index (χ4n) is 3.22. The minimum Gasteiger partial charge on any atom is -0.324 e. The highest BCUT2D eigenvalue weighted by molar-refractivity contribution is 5.33. The van der Waals surface area contributed by atoms with Gasteiger partial charge in [-0.2, -0.15) is 0 Å². The predicted octanol–water partition coefficient (Wildman–Crippen LogP) is 2.10. The van der Waals surface area contributed by atoms with Crippen molar-refractivity contribution < 1.29 is 0 Å². The van der Waals surface area contributed by atoms with Crippen LogP contribution < -0.4 is 5.73 Å². The second-order valence-electron chi connectivity index (χ2n) is 5.14. The first-order valence-electron chi connectivity index (χ1n) is 6.42. The maximum atomic E-state index is 6.28. The third kappa shape index (κ3) is 1.76. The van der Waals surface area contributed by atoms with Gasteiger partial charge in [0.2, 0.25) is 0 Å². The quantitative estimate of drug-likeness (QED) is 0.779. The molecule has 0 amide bonds. The van der Waals surface area contributed by atoms with Crippen molar-refractivity contribution in [1.82, 2.24) is 4.90 Å². The van der Waals surface area contributed by atoms with Crippen LogP contribution in [0.4, 0.5) is 0 Å². The van der Waals surface area contributed by atoms with E-state index in [-0.39, 0.29) is 6.04 Å². The lowest BCUT2D eigenvalue weighted by Gasteiger charge is -2.35. The average Bonchev–Trinajstić information content (AvgIpc) is 2.82. The molecule has 1 aromatic rings. The van der Waals surface area contributed by atoms with E-state index in [1.807, 2.05) is 0 Å². The molecule has 1 saturated heterocycles. The summed E-state index contributed by atoms with van der Waals surface area (Å²) in [7, 11) is 0. The molecule has 3 rings (SSSR count). The molecule has 2 nitrogen and oxygen atoms in total. The Hall–Kier alpha value is -0.860. The zero-order chi connectivity index (χ0) is 11.0. The molecule has 0 bridgehead atoms. The number of nitrogens with two attached hydrogens (primary N) is 1. The molecule has 1 aliphatic carbocycles. The van der Waals surface area contributed by atoms with Crippen LogP contribution in [0.15, 0.2) is 24.3 Å². The van der Waals surface area contributed by atoms with Gasteiger partial charge < -0.3 is 5.73 Å². The van der Waals surface area contributed by atoms with Gasteiger partial charge in [0.05, 0.1) is 0 Å². The third-order valence-electron chi connectivity index (χ3n) is 4.09. The number of rotatable bonds is 1. The molecular formula is C14H20N2. The van der Waals surface area contributed by atoms with E-state index >= 15 is 0 Å². The summed E-state index contributed by atoms with van der Waals surface area (Å²) in [5.41, 5.74) is 9.12. The Morgan fingerprint density at radius 3 is 2.69 bits per heavy atom. The van der Waals surface area contributed by atoms with Crippen molar-refractivity contribution in [1.29, 1.82) is 0 Å². The zero-order valence-corrected chi connectivity index (χ0v) is 9.73. The van der Waals surface area contributed by atoms with Crippen LogP contribution in [0.3, 0.4) is 0 Å². The molecule has 0 radical (unpaired) electrons. The van der Waals surface area contributed by atoms with Crippen molar-refractivity contribution >= 4 is 0 Å². The van der Waals surface area contributed by atoms with Crippen LogP contribution in [0.2, 0.25) is 0 Å². The van der Waals surface area contributed by atoms with Crippen LogP contribution in [0.25, 0.3) is 0 Å². The summed E-state index contributed by atoms with van der Waals surface area (Å²) in [5.74, 6) is 0. The number of benzene rings is 1. The lowest BCUT2D eigenvalue weighted by molar-refractivity contribution is 0.209. The molecule has 0 spiro atoms. The maximum absolute atomic E-state index is 6.28. The number of nitrogens with zero attached hydrogens (tertiary/aromatic N) is 1. The Morgan fingerprint density at radius 2 is 1.88 bits per heavy atom.